The lowest BCUT2D eigenvalue weighted by atomic mass is 10.1. The number of hydrogen-bond donors (Lipinski definition) is 1. The van der Waals surface area contributed by atoms with Gasteiger partial charge in [-0.05, 0) is 67.1 Å². The molecule has 0 aliphatic carbocycles. The molecule has 40 heavy (non-hydrogen) atoms. The minimum atomic E-state index is -0.704. The number of imide groups is 1. The number of carbonyl (C=O) groups excluding carboxylic acids is 4. The molecule has 3 amide bonds. The molecule has 13 heteroatoms. The standard InChI is InChI=1S/C27H22ClN3O8S/c1-3-10-38-26(34)19-12-16(5-8-20(19)28)29-24(32)14-30-25(33)23(40-27(30)35)13-17-6-9-22(39-17)18-7-4-15(2)11-21(18)31(36)37/h4-9,11-13H,3,10,14H2,1-2H3,(H,29,32)/b23-13+. The molecule has 1 N–H and O–H groups in total. The maximum absolute atomic E-state index is 12.9. The first-order chi connectivity index (χ1) is 19.1. The molecule has 1 aliphatic rings. The number of thioether (sulfide) groups is 1. The molecule has 1 aliphatic heterocycles. The Morgan fingerprint density at radius 2 is 1.95 bits per heavy atom. The SMILES string of the molecule is CCCOC(=O)c1cc(NC(=O)CN2C(=O)S/C(=C/c3ccc(-c4ccc(C)cc4[N+](=O)[O-])o3)C2=O)ccc1Cl. The fourth-order valence-electron chi connectivity index (χ4n) is 3.72. The second kappa shape index (κ2) is 12.2. The maximum atomic E-state index is 12.9. The first kappa shape index (κ1) is 28.6. The molecule has 2 heterocycles. The van der Waals surface area contributed by atoms with Crippen LogP contribution in [-0.4, -0.2) is 46.0 Å². The molecule has 0 saturated carbocycles. The highest BCUT2D eigenvalue weighted by Crippen LogP contribution is 2.35. The Balaban J connectivity index is 1.45. The van der Waals surface area contributed by atoms with Crippen LogP contribution in [0.4, 0.5) is 16.2 Å². The van der Waals surface area contributed by atoms with E-state index in [2.05, 4.69) is 5.32 Å². The quantitative estimate of drug-likeness (QED) is 0.137. The number of nitro groups is 1. The van der Waals surface area contributed by atoms with Gasteiger partial charge in [0.1, 0.15) is 18.1 Å². The van der Waals surface area contributed by atoms with Crippen molar-refractivity contribution in [2.24, 2.45) is 0 Å². The molecule has 0 unspecified atom stereocenters. The van der Waals surface area contributed by atoms with Crippen LogP contribution in [0.1, 0.15) is 35.0 Å². The summed E-state index contributed by atoms with van der Waals surface area (Å²) in [5, 5.41) is 13.5. The molecule has 1 aromatic heterocycles. The van der Waals surface area contributed by atoms with Crippen molar-refractivity contribution in [1.29, 1.82) is 0 Å². The highest BCUT2D eigenvalue weighted by atomic mass is 35.5. The first-order valence-corrected chi connectivity index (χ1v) is 13.1. The number of rotatable bonds is 9. The third-order valence-electron chi connectivity index (χ3n) is 5.60. The van der Waals surface area contributed by atoms with E-state index < -0.39 is 34.5 Å². The second-order valence-corrected chi connectivity index (χ2v) is 10.0. The van der Waals surface area contributed by atoms with Gasteiger partial charge in [0.05, 0.1) is 32.6 Å². The predicted molar refractivity (Wildman–Crippen MR) is 149 cm³/mol. The van der Waals surface area contributed by atoms with Crippen molar-refractivity contribution >= 4 is 63.8 Å². The lowest BCUT2D eigenvalue weighted by molar-refractivity contribution is -0.384. The van der Waals surface area contributed by atoms with Gasteiger partial charge in [-0.15, -0.1) is 0 Å². The molecule has 11 nitrogen and oxygen atoms in total. The summed E-state index contributed by atoms with van der Waals surface area (Å²) in [6, 6.07) is 12.0. The fourth-order valence-corrected chi connectivity index (χ4v) is 4.73. The summed E-state index contributed by atoms with van der Waals surface area (Å²) in [5.74, 6) is -1.60. The Bertz CT molecular complexity index is 1560. The molecule has 1 saturated heterocycles. The molecule has 0 spiro atoms. The zero-order valence-electron chi connectivity index (χ0n) is 21.3. The largest absolute Gasteiger partial charge is 0.462 e. The van der Waals surface area contributed by atoms with E-state index in [1.54, 1.807) is 19.1 Å². The highest BCUT2D eigenvalue weighted by molar-refractivity contribution is 8.18. The number of anilines is 1. The predicted octanol–water partition coefficient (Wildman–Crippen LogP) is 6.06. The third-order valence-corrected chi connectivity index (χ3v) is 6.84. The summed E-state index contributed by atoms with van der Waals surface area (Å²) < 4.78 is 10.8. The van der Waals surface area contributed by atoms with Crippen molar-refractivity contribution in [3.05, 3.63) is 85.5 Å². The van der Waals surface area contributed by atoms with Gasteiger partial charge in [0, 0.05) is 17.8 Å². The molecule has 4 rings (SSSR count). The van der Waals surface area contributed by atoms with E-state index in [1.165, 1.54) is 42.5 Å². The number of amides is 3. The van der Waals surface area contributed by atoms with Gasteiger partial charge in [-0.25, -0.2) is 4.79 Å². The van der Waals surface area contributed by atoms with Crippen LogP contribution in [0.25, 0.3) is 17.4 Å². The van der Waals surface area contributed by atoms with Crippen LogP contribution >= 0.6 is 23.4 Å². The van der Waals surface area contributed by atoms with Crippen LogP contribution in [0.5, 0.6) is 0 Å². The van der Waals surface area contributed by atoms with Crippen molar-refractivity contribution in [2.75, 3.05) is 18.5 Å². The number of furan rings is 1. The highest BCUT2D eigenvalue weighted by Gasteiger charge is 2.36. The van der Waals surface area contributed by atoms with Crippen molar-refractivity contribution in [1.82, 2.24) is 4.90 Å². The summed E-state index contributed by atoms with van der Waals surface area (Å²) >= 11 is 6.70. The summed E-state index contributed by atoms with van der Waals surface area (Å²) in [7, 11) is 0. The van der Waals surface area contributed by atoms with Crippen molar-refractivity contribution in [3.8, 4) is 11.3 Å². The topological polar surface area (TPSA) is 149 Å². The molecular weight excluding hydrogens is 562 g/mol. The summed E-state index contributed by atoms with van der Waals surface area (Å²) in [4.78, 5) is 61.9. The Kier molecular flexibility index (Phi) is 8.70. The number of hydrogen-bond acceptors (Lipinski definition) is 9. The third kappa shape index (κ3) is 6.41. The van der Waals surface area contributed by atoms with Crippen molar-refractivity contribution < 1.29 is 33.3 Å². The molecule has 2 aromatic carbocycles. The van der Waals surface area contributed by atoms with Crippen LogP contribution in [-0.2, 0) is 14.3 Å². The number of carbonyl (C=O) groups is 4. The second-order valence-electron chi connectivity index (χ2n) is 8.63. The summed E-state index contributed by atoms with van der Waals surface area (Å²) in [6.07, 6.45) is 1.96. The normalized spacial score (nSPS) is 14.1. The number of esters is 1. The van der Waals surface area contributed by atoms with Crippen molar-refractivity contribution in [2.45, 2.75) is 20.3 Å². The van der Waals surface area contributed by atoms with Gasteiger partial charge < -0.3 is 14.5 Å². The van der Waals surface area contributed by atoms with E-state index in [-0.39, 0.29) is 50.6 Å². The number of nitro benzene ring substituents is 1. The van der Waals surface area contributed by atoms with Gasteiger partial charge in [-0.1, -0.05) is 24.6 Å². The average molecular weight is 584 g/mol. The average Bonchev–Trinajstić information content (AvgIpc) is 3.48. The van der Waals surface area contributed by atoms with E-state index >= 15 is 0 Å². The van der Waals surface area contributed by atoms with Gasteiger partial charge in [0.2, 0.25) is 5.91 Å². The van der Waals surface area contributed by atoms with E-state index in [1.807, 2.05) is 6.92 Å². The summed E-state index contributed by atoms with van der Waals surface area (Å²) in [6.45, 7) is 3.22. The van der Waals surface area contributed by atoms with Crippen molar-refractivity contribution in [3.63, 3.8) is 0 Å². The zero-order chi connectivity index (χ0) is 29.0. The van der Waals surface area contributed by atoms with Gasteiger partial charge >= 0.3 is 5.97 Å². The Hall–Kier alpha value is -4.42. The minimum Gasteiger partial charge on any atom is -0.462 e. The fraction of sp³-hybridized carbons (Fsp3) is 0.185. The minimum absolute atomic E-state index is 0.0181. The number of halogens is 1. The maximum Gasteiger partial charge on any atom is 0.339 e. The Morgan fingerprint density at radius 1 is 1.18 bits per heavy atom. The molecule has 3 aromatic rings. The molecular formula is C27H22ClN3O8S. The molecule has 0 radical (unpaired) electrons. The monoisotopic (exact) mass is 583 g/mol. The Morgan fingerprint density at radius 3 is 2.67 bits per heavy atom. The number of ether oxygens (including phenoxy) is 1. The van der Waals surface area contributed by atoms with Gasteiger partial charge in [-0.3, -0.25) is 29.4 Å². The zero-order valence-corrected chi connectivity index (χ0v) is 22.8. The van der Waals surface area contributed by atoms with Crippen LogP contribution in [0, 0.1) is 17.0 Å². The molecule has 0 atom stereocenters. The van der Waals surface area contributed by atoms with Crippen LogP contribution in [0.15, 0.2) is 57.9 Å². The summed E-state index contributed by atoms with van der Waals surface area (Å²) in [5.41, 5.74) is 1.15. The lowest BCUT2D eigenvalue weighted by Gasteiger charge is -2.13. The van der Waals surface area contributed by atoms with E-state index in [9.17, 15) is 29.3 Å². The van der Waals surface area contributed by atoms with Crippen LogP contribution in [0.2, 0.25) is 5.02 Å². The molecule has 206 valence electrons. The molecule has 1 fully saturated rings. The lowest BCUT2D eigenvalue weighted by Crippen LogP contribution is -2.36. The van der Waals surface area contributed by atoms with Crippen LogP contribution in [0.3, 0.4) is 0 Å². The van der Waals surface area contributed by atoms with E-state index in [0.717, 1.165) is 4.90 Å². The Labute approximate surface area is 237 Å². The first-order valence-electron chi connectivity index (χ1n) is 11.9. The number of benzene rings is 2. The smallest absolute Gasteiger partial charge is 0.339 e. The van der Waals surface area contributed by atoms with Gasteiger partial charge in [0.25, 0.3) is 16.8 Å². The number of aryl methyl sites for hydroxylation is 1. The number of nitrogens with one attached hydrogen (secondary N) is 1. The number of nitrogens with zero attached hydrogens (tertiary/aromatic N) is 2. The van der Waals surface area contributed by atoms with Crippen LogP contribution < -0.4 is 5.32 Å². The molecule has 0 bridgehead atoms. The van der Waals surface area contributed by atoms with Gasteiger partial charge in [0.15, 0.2) is 0 Å². The van der Waals surface area contributed by atoms with Gasteiger partial charge in [-0.2, -0.15) is 0 Å². The van der Waals surface area contributed by atoms with E-state index in [0.29, 0.717) is 23.7 Å². The van der Waals surface area contributed by atoms with E-state index in [4.69, 9.17) is 20.8 Å².